The average Bonchev–Trinajstić information content (AvgIpc) is 2.97. The maximum Gasteiger partial charge on any atom is 0.187 e. The third kappa shape index (κ3) is 6.89. The molecule has 13 N–H and O–H groups in total. The smallest absolute Gasteiger partial charge is 0.187 e. The molecule has 246 valence electrons. The normalized spacial score (nSPS) is 52.3. The minimum Gasteiger partial charge on any atom is -0.394 e. The van der Waals surface area contributed by atoms with Crippen LogP contribution in [0.15, 0.2) is 0 Å². The van der Waals surface area contributed by atoms with Crippen molar-refractivity contribution < 1.29 is 89.7 Å². The lowest BCUT2D eigenvalue weighted by Crippen LogP contribution is -2.67. The highest BCUT2D eigenvalue weighted by Gasteiger charge is 2.54. The predicted octanol–water partition coefficient (Wildman–Crippen LogP) is -8.86. The van der Waals surface area contributed by atoms with Crippen LogP contribution in [0, 0.1) is 0 Å². The molecule has 0 bridgehead atoms. The summed E-state index contributed by atoms with van der Waals surface area (Å²) in [5.41, 5.74) is 0. The summed E-state index contributed by atoms with van der Waals surface area (Å²) in [5, 5.41) is 125. The first-order chi connectivity index (χ1) is 19.9. The maximum absolute atomic E-state index is 10.8. The van der Waals surface area contributed by atoms with E-state index in [-0.39, 0.29) is 13.1 Å². The molecule has 0 aromatic carbocycles. The first-order valence-electron chi connectivity index (χ1n) is 13.5. The molecule has 0 aromatic rings. The fourth-order valence-corrected chi connectivity index (χ4v) is 5.36. The van der Waals surface area contributed by atoms with E-state index in [1.54, 1.807) is 0 Å². The van der Waals surface area contributed by atoms with Crippen molar-refractivity contribution in [1.29, 1.82) is 0 Å². The van der Waals surface area contributed by atoms with Crippen LogP contribution in [-0.4, -0.2) is 205 Å². The Kier molecular flexibility index (Phi) is 11.8. The summed E-state index contributed by atoms with van der Waals surface area (Å²) in [6.07, 6.45) is -29.0. The summed E-state index contributed by atoms with van der Waals surface area (Å²) in [7, 11) is 0. The predicted molar refractivity (Wildman–Crippen MR) is 129 cm³/mol. The summed E-state index contributed by atoms with van der Waals surface area (Å²) < 4.78 is 32.9. The van der Waals surface area contributed by atoms with E-state index in [2.05, 4.69) is 5.32 Å². The van der Waals surface area contributed by atoms with Gasteiger partial charge in [-0.3, -0.25) is 0 Å². The molecule has 2 unspecified atom stereocenters. The second kappa shape index (κ2) is 14.6. The Hall–Kier alpha value is -0.760. The van der Waals surface area contributed by atoms with Gasteiger partial charge < -0.3 is 95.0 Å². The monoisotopic (exact) mass is 619 g/mol. The lowest BCUT2D eigenvalue weighted by molar-refractivity contribution is -0.382. The van der Waals surface area contributed by atoms with E-state index in [0.717, 1.165) is 0 Å². The van der Waals surface area contributed by atoms with Crippen molar-refractivity contribution in [3.8, 4) is 0 Å². The van der Waals surface area contributed by atoms with Gasteiger partial charge in [0.1, 0.15) is 79.4 Å². The molecule has 0 aromatic heterocycles. The van der Waals surface area contributed by atoms with Crippen LogP contribution in [0.1, 0.15) is 0 Å². The fraction of sp³-hybridized carbons (Fsp3) is 1.00. The van der Waals surface area contributed by atoms with Crippen molar-refractivity contribution in [2.75, 3.05) is 32.9 Å². The number of ether oxygens (including phenoxy) is 6. The number of hydrogen-bond donors (Lipinski definition) is 13. The molecule has 19 heteroatoms. The molecule has 19 nitrogen and oxygen atoms in total. The van der Waals surface area contributed by atoms with Crippen molar-refractivity contribution in [3.63, 3.8) is 0 Å². The SMILES string of the molecule is OC[C@H]1O[C@H](O[C@H]2[C@H](O)[C@@H](O)[C@@H](O[C@H]3[C@H](O)[C@@H](O)[C@@H](OC4C(O)CNCC4O)O[C@@H]3CO)O[C@@H]2CO)[C@H](O)[C@@H](O)[C@@H]1O. The van der Waals surface area contributed by atoms with E-state index >= 15 is 0 Å². The number of aliphatic hydroxyl groups is 12. The molecule has 0 aliphatic carbocycles. The van der Waals surface area contributed by atoms with Crippen LogP contribution in [-0.2, 0) is 28.4 Å². The van der Waals surface area contributed by atoms with Crippen LogP contribution in [0.25, 0.3) is 0 Å². The van der Waals surface area contributed by atoms with Gasteiger partial charge in [-0.2, -0.15) is 0 Å². The summed E-state index contributed by atoms with van der Waals surface area (Å²) >= 11 is 0. The minimum absolute atomic E-state index is 0.0780. The van der Waals surface area contributed by atoms with Crippen LogP contribution in [0.2, 0.25) is 0 Å². The lowest BCUT2D eigenvalue weighted by Gasteiger charge is -2.48. The van der Waals surface area contributed by atoms with Crippen molar-refractivity contribution in [1.82, 2.24) is 5.32 Å². The zero-order chi connectivity index (χ0) is 30.9. The number of aliphatic hydroxyl groups excluding tert-OH is 12. The minimum atomic E-state index is -1.96. The van der Waals surface area contributed by atoms with E-state index < -0.39 is 130 Å². The molecular weight excluding hydrogens is 578 g/mol. The van der Waals surface area contributed by atoms with Gasteiger partial charge in [0.15, 0.2) is 18.9 Å². The van der Waals surface area contributed by atoms with Crippen molar-refractivity contribution in [2.45, 2.75) is 110 Å². The standard InChI is InChI=1S/C23H41NO18/c25-3-8-11(30)12(31)15(34)21(37-8)41-19-10(5-27)39-23(17(36)14(19)33)42-20-9(4-26)38-22(16(35)13(20)32)40-18-6(28)1-24-2-7(18)29/h6-36H,1-5H2/t6?,7?,8-,9-,10-,11-,12+,13-,14-,15-,16-,17-,18?,19-,20-,21-,22-,23-/m1/s1. The second-order valence-corrected chi connectivity index (χ2v) is 10.7. The van der Waals surface area contributed by atoms with E-state index in [4.69, 9.17) is 28.4 Å². The summed E-state index contributed by atoms with van der Waals surface area (Å²) in [4.78, 5) is 0. The Morgan fingerprint density at radius 2 is 0.810 bits per heavy atom. The Morgan fingerprint density at radius 1 is 0.452 bits per heavy atom. The van der Waals surface area contributed by atoms with E-state index in [1.165, 1.54) is 0 Å². The number of rotatable bonds is 9. The molecule has 4 rings (SSSR count). The molecule has 4 aliphatic heterocycles. The first-order valence-corrected chi connectivity index (χ1v) is 13.5. The third-order valence-corrected chi connectivity index (χ3v) is 7.83. The topological polar surface area (TPSA) is 310 Å². The molecule has 0 saturated carbocycles. The molecule has 0 spiro atoms. The first kappa shape index (κ1) is 34.1. The van der Waals surface area contributed by atoms with Crippen LogP contribution < -0.4 is 5.32 Å². The highest BCUT2D eigenvalue weighted by Crippen LogP contribution is 2.33. The van der Waals surface area contributed by atoms with E-state index in [9.17, 15) is 61.3 Å². The van der Waals surface area contributed by atoms with Crippen molar-refractivity contribution in [3.05, 3.63) is 0 Å². The molecule has 17 atom stereocenters. The lowest BCUT2D eigenvalue weighted by atomic mass is 9.96. The van der Waals surface area contributed by atoms with Gasteiger partial charge in [0.2, 0.25) is 0 Å². The van der Waals surface area contributed by atoms with Crippen LogP contribution in [0.3, 0.4) is 0 Å². The summed E-state index contributed by atoms with van der Waals surface area (Å²) in [5.74, 6) is 0. The van der Waals surface area contributed by atoms with Crippen LogP contribution in [0.4, 0.5) is 0 Å². The molecular formula is C23H41NO18. The molecule has 4 aliphatic rings. The highest BCUT2D eigenvalue weighted by atomic mass is 16.8. The summed E-state index contributed by atoms with van der Waals surface area (Å²) in [6, 6.07) is 0. The number of hydrogen-bond acceptors (Lipinski definition) is 19. The van der Waals surface area contributed by atoms with E-state index in [1.807, 2.05) is 0 Å². The number of β-amino-alcohol motifs (C(OH)–C–C–N with tert-alkyl or cyclic N) is 2. The second-order valence-electron chi connectivity index (χ2n) is 10.7. The Balaban J connectivity index is 1.42. The molecule has 0 radical (unpaired) electrons. The van der Waals surface area contributed by atoms with E-state index in [0.29, 0.717) is 0 Å². The van der Waals surface area contributed by atoms with Crippen molar-refractivity contribution in [2.24, 2.45) is 0 Å². The summed E-state index contributed by atoms with van der Waals surface area (Å²) in [6.45, 7) is -2.25. The van der Waals surface area contributed by atoms with Crippen molar-refractivity contribution >= 4 is 0 Å². The molecule has 42 heavy (non-hydrogen) atoms. The fourth-order valence-electron chi connectivity index (χ4n) is 5.36. The van der Waals surface area contributed by atoms with Crippen LogP contribution in [0.5, 0.6) is 0 Å². The quantitative estimate of drug-likeness (QED) is 0.114. The van der Waals surface area contributed by atoms with Gasteiger partial charge in [0.05, 0.1) is 32.0 Å². The molecule has 4 heterocycles. The van der Waals surface area contributed by atoms with Crippen LogP contribution >= 0.6 is 0 Å². The highest BCUT2D eigenvalue weighted by molar-refractivity contribution is 4.97. The zero-order valence-electron chi connectivity index (χ0n) is 22.2. The maximum atomic E-state index is 10.8. The van der Waals surface area contributed by atoms with Gasteiger partial charge >= 0.3 is 0 Å². The van der Waals surface area contributed by atoms with Gasteiger partial charge in [0.25, 0.3) is 0 Å². The molecule has 4 saturated heterocycles. The van der Waals surface area contributed by atoms with Gasteiger partial charge in [-0.1, -0.05) is 0 Å². The van der Waals surface area contributed by atoms with Gasteiger partial charge in [0, 0.05) is 13.1 Å². The Bertz CT molecular complexity index is 829. The molecule has 0 amide bonds. The van der Waals surface area contributed by atoms with Gasteiger partial charge in [-0.25, -0.2) is 0 Å². The largest absolute Gasteiger partial charge is 0.394 e. The molecule has 4 fully saturated rings. The third-order valence-electron chi connectivity index (χ3n) is 7.83. The van der Waals surface area contributed by atoms with Gasteiger partial charge in [-0.05, 0) is 0 Å². The zero-order valence-corrected chi connectivity index (χ0v) is 22.2. The average molecular weight is 620 g/mol. The Morgan fingerprint density at radius 3 is 1.21 bits per heavy atom. The van der Waals surface area contributed by atoms with Gasteiger partial charge in [-0.15, -0.1) is 0 Å². The number of nitrogens with one attached hydrogen (secondary N) is 1. The Labute approximate surface area is 239 Å². The number of piperidine rings is 1.